The molecule has 1 fully saturated rings. The molecule has 7 nitrogen and oxygen atoms in total. The van der Waals surface area contributed by atoms with Crippen LogP contribution >= 0.6 is 0 Å². The van der Waals surface area contributed by atoms with Crippen LogP contribution in [0.15, 0.2) is 30.6 Å². The van der Waals surface area contributed by atoms with Crippen LogP contribution in [0.25, 0.3) is 11.1 Å². The Morgan fingerprint density at radius 1 is 1.25 bits per heavy atom. The highest BCUT2D eigenvalue weighted by Gasteiger charge is 2.33. The first kappa shape index (κ1) is 23.4. The van der Waals surface area contributed by atoms with Gasteiger partial charge < -0.3 is 14.4 Å². The molecule has 1 amide bonds. The van der Waals surface area contributed by atoms with Crippen LogP contribution in [0.1, 0.15) is 39.2 Å². The molecule has 32 heavy (non-hydrogen) atoms. The molecule has 0 spiro atoms. The lowest BCUT2D eigenvalue weighted by molar-refractivity contribution is -0.274. The molecule has 0 N–H and O–H groups in total. The van der Waals surface area contributed by atoms with E-state index in [-0.39, 0.29) is 23.1 Å². The number of alkyl halides is 3. The molecule has 0 saturated carbocycles. The maximum atomic E-state index is 12.8. The van der Waals surface area contributed by atoms with Crippen LogP contribution < -0.4 is 4.74 Å². The van der Waals surface area contributed by atoms with Gasteiger partial charge in [-0.1, -0.05) is 0 Å². The van der Waals surface area contributed by atoms with E-state index in [0.717, 1.165) is 18.9 Å². The van der Waals surface area contributed by atoms with Gasteiger partial charge in [0.1, 0.15) is 11.4 Å². The summed E-state index contributed by atoms with van der Waals surface area (Å²) < 4.78 is 49.6. The Morgan fingerprint density at radius 2 is 1.94 bits per heavy atom. The number of aromatic nitrogens is 2. The summed E-state index contributed by atoms with van der Waals surface area (Å²) in [6.45, 7) is 7.21. The van der Waals surface area contributed by atoms with Gasteiger partial charge in [0.25, 0.3) is 0 Å². The first-order valence-electron chi connectivity index (χ1n) is 10.2. The average Bonchev–Trinajstić information content (AvgIpc) is 3.14. The molecule has 2 heterocycles. The fourth-order valence-electron chi connectivity index (χ4n) is 3.53. The number of likely N-dealkylation sites (tertiary alicyclic amines) is 1. The Hall–Kier alpha value is -3.22. The van der Waals surface area contributed by atoms with Gasteiger partial charge in [0.15, 0.2) is 0 Å². The second-order valence-electron chi connectivity index (χ2n) is 8.73. The van der Waals surface area contributed by atoms with Crippen molar-refractivity contribution in [3.63, 3.8) is 0 Å². The van der Waals surface area contributed by atoms with Gasteiger partial charge >= 0.3 is 12.5 Å². The highest BCUT2D eigenvalue weighted by molar-refractivity contribution is 5.70. The number of benzene rings is 1. The maximum Gasteiger partial charge on any atom is 0.573 e. The lowest BCUT2D eigenvalue weighted by atomic mass is 9.97. The van der Waals surface area contributed by atoms with E-state index in [9.17, 15) is 18.0 Å². The quantitative estimate of drug-likeness (QED) is 0.657. The van der Waals surface area contributed by atoms with Gasteiger partial charge in [-0.05, 0) is 57.7 Å². The number of ether oxygens (including phenoxy) is 2. The van der Waals surface area contributed by atoms with Gasteiger partial charge in [-0.3, -0.25) is 4.68 Å². The zero-order valence-electron chi connectivity index (χ0n) is 18.1. The highest BCUT2D eigenvalue weighted by atomic mass is 19.4. The second-order valence-corrected chi connectivity index (χ2v) is 8.73. The third-order valence-electron chi connectivity index (χ3n) is 4.99. The number of piperidine rings is 1. The minimum atomic E-state index is -4.87. The monoisotopic (exact) mass is 450 g/mol. The molecular weight excluding hydrogens is 425 g/mol. The fourth-order valence-corrected chi connectivity index (χ4v) is 3.53. The SMILES string of the molecule is CC(C)(C)OC(=O)N1CCC(Cn2cc(-c3ccc(C#N)cc3OC(F)(F)F)cn2)CC1. The van der Waals surface area contributed by atoms with Crippen LogP contribution in [0.3, 0.4) is 0 Å². The van der Waals surface area contributed by atoms with Crippen molar-refractivity contribution in [3.05, 3.63) is 36.2 Å². The largest absolute Gasteiger partial charge is 0.573 e. The molecule has 0 atom stereocenters. The van der Waals surface area contributed by atoms with Gasteiger partial charge in [0.05, 0.1) is 17.8 Å². The van der Waals surface area contributed by atoms with E-state index >= 15 is 0 Å². The zero-order chi connectivity index (χ0) is 23.5. The summed E-state index contributed by atoms with van der Waals surface area (Å²) in [5, 5.41) is 13.3. The van der Waals surface area contributed by atoms with Crippen LogP contribution in [0.5, 0.6) is 5.75 Å². The van der Waals surface area contributed by atoms with Crippen molar-refractivity contribution >= 4 is 6.09 Å². The summed E-state index contributed by atoms with van der Waals surface area (Å²) in [5.41, 5.74) is 0.184. The number of nitriles is 1. The number of hydrogen-bond acceptors (Lipinski definition) is 5. The van der Waals surface area contributed by atoms with Crippen LogP contribution in [0.4, 0.5) is 18.0 Å². The Balaban J connectivity index is 1.65. The lowest BCUT2D eigenvalue weighted by Crippen LogP contribution is -2.42. The molecule has 3 rings (SSSR count). The molecule has 0 radical (unpaired) electrons. The Kier molecular flexibility index (Phi) is 6.67. The number of halogens is 3. The molecule has 1 aliphatic heterocycles. The summed E-state index contributed by atoms with van der Waals surface area (Å²) in [4.78, 5) is 13.9. The highest BCUT2D eigenvalue weighted by Crippen LogP contribution is 2.34. The minimum absolute atomic E-state index is 0.0668. The molecular formula is C22H25F3N4O3. The number of nitrogens with zero attached hydrogens (tertiary/aromatic N) is 4. The van der Waals surface area contributed by atoms with E-state index in [1.165, 1.54) is 18.3 Å². The van der Waals surface area contributed by atoms with Crippen molar-refractivity contribution in [1.82, 2.24) is 14.7 Å². The van der Waals surface area contributed by atoms with E-state index in [0.29, 0.717) is 25.2 Å². The number of amides is 1. The van der Waals surface area contributed by atoms with Crippen molar-refractivity contribution in [1.29, 1.82) is 5.26 Å². The molecule has 172 valence electrons. The number of carbonyl (C=O) groups excluding carboxylic acids is 1. The molecule has 0 aliphatic carbocycles. The third kappa shape index (κ3) is 6.39. The van der Waals surface area contributed by atoms with Gasteiger partial charge in [0, 0.05) is 37.0 Å². The average molecular weight is 450 g/mol. The van der Waals surface area contributed by atoms with Crippen molar-refractivity contribution in [2.45, 2.75) is 52.1 Å². The van der Waals surface area contributed by atoms with Crippen molar-refractivity contribution in [2.75, 3.05) is 13.1 Å². The molecule has 0 unspecified atom stereocenters. The van der Waals surface area contributed by atoms with Crippen molar-refractivity contribution in [3.8, 4) is 22.9 Å². The molecule has 1 aromatic carbocycles. The van der Waals surface area contributed by atoms with E-state index in [2.05, 4.69) is 9.84 Å². The smallest absolute Gasteiger partial charge is 0.444 e. The van der Waals surface area contributed by atoms with E-state index < -0.39 is 17.7 Å². The summed E-state index contributed by atoms with van der Waals surface area (Å²) in [6.07, 6.45) is -0.524. The van der Waals surface area contributed by atoms with E-state index in [1.54, 1.807) is 15.8 Å². The summed E-state index contributed by atoms with van der Waals surface area (Å²) in [7, 11) is 0. The minimum Gasteiger partial charge on any atom is -0.444 e. The Morgan fingerprint density at radius 3 is 2.53 bits per heavy atom. The summed E-state index contributed by atoms with van der Waals surface area (Å²) in [6, 6.07) is 5.72. The predicted octanol–water partition coefficient (Wildman–Crippen LogP) is 4.97. The zero-order valence-corrected chi connectivity index (χ0v) is 18.1. The summed E-state index contributed by atoms with van der Waals surface area (Å²) in [5.74, 6) is -0.171. The van der Waals surface area contributed by atoms with Crippen molar-refractivity contribution < 1.29 is 27.4 Å². The fraction of sp³-hybridized carbons (Fsp3) is 0.500. The second kappa shape index (κ2) is 9.10. The Labute approximate surface area is 184 Å². The van der Waals surface area contributed by atoms with Crippen molar-refractivity contribution in [2.24, 2.45) is 5.92 Å². The van der Waals surface area contributed by atoms with Crippen LogP contribution in [0.2, 0.25) is 0 Å². The van der Waals surface area contributed by atoms with Crippen LogP contribution in [-0.2, 0) is 11.3 Å². The molecule has 0 bridgehead atoms. The lowest BCUT2D eigenvalue weighted by Gasteiger charge is -2.33. The van der Waals surface area contributed by atoms with E-state index in [4.69, 9.17) is 10.00 Å². The summed E-state index contributed by atoms with van der Waals surface area (Å²) >= 11 is 0. The standard InChI is InChI=1S/C22H25F3N4O3/c1-21(2,3)32-20(30)28-8-6-15(7-9-28)13-29-14-17(12-27-29)18-5-4-16(11-26)10-19(18)31-22(23,24)25/h4-5,10,12,14-15H,6-9,13H2,1-3H3. The predicted molar refractivity (Wildman–Crippen MR) is 110 cm³/mol. The Bertz CT molecular complexity index is 997. The first-order chi connectivity index (χ1) is 14.9. The topological polar surface area (TPSA) is 80.4 Å². The van der Waals surface area contributed by atoms with Crippen LogP contribution in [-0.4, -0.2) is 45.8 Å². The molecule has 10 heteroatoms. The van der Waals surface area contributed by atoms with E-state index in [1.807, 2.05) is 26.8 Å². The third-order valence-corrected chi connectivity index (χ3v) is 4.99. The molecule has 1 saturated heterocycles. The number of rotatable bonds is 4. The van der Waals surface area contributed by atoms with Gasteiger partial charge in [-0.25, -0.2) is 4.79 Å². The molecule has 1 aromatic heterocycles. The van der Waals surface area contributed by atoms with Gasteiger partial charge in [-0.15, -0.1) is 13.2 Å². The maximum absolute atomic E-state index is 12.8. The number of hydrogen-bond donors (Lipinski definition) is 0. The van der Waals surface area contributed by atoms with Crippen LogP contribution in [0, 0.1) is 17.2 Å². The number of carbonyl (C=O) groups is 1. The molecule has 1 aliphatic rings. The molecule has 2 aromatic rings. The van der Waals surface area contributed by atoms with Gasteiger partial charge in [0.2, 0.25) is 0 Å². The van der Waals surface area contributed by atoms with Gasteiger partial charge in [-0.2, -0.15) is 10.4 Å². The first-order valence-corrected chi connectivity index (χ1v) is 10.2. The normalized spacial score (nSPS) is 15.3.